The van der Waals surface area contributed by atoms with Crippen molar-refractivity contribution >= 4 is 29.6 Å². The number of nitrogens with zero attached hydrogens (tertiary/aromatic N) is 1. The maximum atomic E-state index is 13.1. The number of likely N-dealkylation sites (tertiary alicyclic amines) is 1. The monoisotopic (exact) mass is 637 g/mol. The van der Waals surface area contributed by atoms with Crippen molar-refractivity contribution in [1.29, 1.82) is 0 Å². The van der Waals surface area contributed by atoms with Crippen molar-refractivity contribution in [2.45, 2.75) is 181 Å². The number of esters is 3. The molecule has 0 saturated carbocycles. The van der Waals surface area contributed by atoms with Crippen LogP contribution in [0.15, 0.2) is 0 Å². The first-order valence-corrected chi connectivity index (χ1v) is 18.1. The Morgan fingerprint density at radius 3 is 1.71 bits per heavy atom. The Hall–Kier alpha value is -2.45. The van der Waals surface area contributed by atoms with Crippen LogP contribution in [0.4, 0.5) is 0 Å². The van der Waals surface area contributed by atoms with E-state index in [2.05, 4.69) is 6.92 Å². The highest BCUT2D eigenvalue weighted by atomic mass is 16.6. The van der Waals surface area contributed by atoms with Crippen LogP contribution in [0.1, 0.15) is 168 Å². The summed E-state index contributed by atoms with van der Waals surface area (Å²) >= 11 is 0. The van der Waals surface area contributed by atoms with Crippen LogP contribution in [-0.4, -0.2) is 66.4 Å². The third kappa shape index (κ3) is 21.1. The highest BCUT2D eigenvalue weighted by Gasteiger charge is 2.41. The minimum atomic E-state index is -0.779. The van der Waals surface area contributed by atoms with Crippen molar-refractivity contribution < 1.29 is 38.2 Å². The van der Waals surface area contributed by atoms with E-state index < -0.39 is 18.1 Å². The summed E-state index contributed by atoms with van der Waals surface area (Å²) in [6, 6.07) is -0.779. The van der Waals surface area contributed by atoms with E-state index in [0.717, 1.165) is 57.8 Å². The summed E-state index contributed by atoms with van der Waals surface area (Å²) < 4.78 is 16.5. The Bertz CT molecular complexity index is 845. The van der Waals surface area contributed by atoms with Crippen molar-refractivity contribution in [2.24, 2.45) is 0 Å². The molecule has 2 atom stereocenters. The third-order valence-corrected chi connectivity index (χ3v) is 8.34. The number of Topliss-reactive ketones (excluding diaryl/α,β-unsaturated/α-hetero) is 1. The van der Waals surface area contributed by atoms with Gasteiger partial charge in [-0.1, -0.05) is 90.9 Å². The Morgan fingerprint density at radius 2 is 1.09 bits per heavy atom. The number of carbonyl (C=O) groups excluding carboxylic acids is 5. The highest BCUT2D eigenvalue weighted by molar-refractivity contribution is 5.85. The maximum absolute atomic E-state index is 13.1. The number of hydrogen-bond donors (Lipinski definition) is 0. The number of ketones is 1. The molecule has 1 heterocycles. The van der Waals surface area contributed by atoms with Gasteiger partial charge in [0.25, 0.3) is 0 Å². The fourth-order valence-electron chi connectivity index (χ4n) is 5.58. The Morgan fingerprint density at radius 1 is 0.578 bits per heavy atom. The molecule has 1 fully saturated rings. The van der Waals surface area contributed by atoms with E-state index in [0.29, 0.717) is 32.3 Å². The van der Waals surface area contributed by atoms with E-state index >= 15 is 0 Å². The summed E-state index contributed by atoms with van der Waals surface area (Å²) in [6.45, 7) is 6.72. The Balaban J connectivity index is 2.37. The van der Waals surface area contributed by atoms with Crippen LogP contribution in [0.5, 0.6) is 0 Å². The first kappa shape index (κ1) is 40.6. The SMILES string of the molecule is CCCCCCCCCCCOC(=O)CCCCC(=O)N1CC(OC(=O)CCCC)C[C@H]1C(=O)OCCCCCCCC(C)=O. The van der Waals surface area contributed by atoms with Gasteiger partial charge in [0.05, 0.1) is 19.8 Å². The van der Waals surface area contributed by atoms with Crippen LogP contribution in [-0.2, 0) is 38.2 Å². The van der Waals surface area contributed by atoms with Gasteiger partial charge in [0.2, 0.25) is 5.91 Å². The predicted octanol–water partition coefficient (Wildman–Crippen LogP) is 7.80. The van der Waals surface area contributed by atoms with E-state index in [4.69, 9.17) is 14.2 Å². The molecule has 1 rings (SSSR count). The van der Waals surface area contributed by atoms with Gasteiger partial charge < -0.3 is 23.9 Å². The quantitative estimate of drug-likeness (QED) is 0.0485. The molecule has 0 N–H and O–H groups in total. The van der Waals surface area contributed by atoms with Crippen LogP contribution < -0.4 is 0 Å². The topological polar surface area (TPSA) is 116 Å². The molecule has 9 nitrogen and oxygen atoms in total. The zero-order valence-corrected chi connectivity index (χ0v) is 28.8. The van der Waals surface area contributed by atoms with Gasteiger partial charge in [0, 0.05) is 32.1 Å². The van der Waals surface area contributed by atoms with Crippen molar-refractivity contribution in [1.82, 2.24) is 4.90 Å². The lowest BCUT2D eigenvalue weighted by Gasteiger charge is -2.23. The highest BCUT2D eigenvalue weighted by Crippen LogP contribution is 2.24. The lowest BCUT2D eigenvalue weighted by molar-refractivity contribution is -0.153. The van der Waals surface area contributed by atoms with E-state index in [1.54, 1.807) is 6.92 Å². The molecular formula is C36H63NO8. The van der Waals surface area contributed by atoms with Crippen LogP contribution in [0.3, 0.4) is 0 Å². The van der Waals surface area contributed by atoms with Crippen LogP contribution in [0.2, 0.25) is 0 Å². The van der Waals surface area contributed by atoms with E-state index in [1.165, 1.54) is 49.8 Å². The van der Waals surface area contributed by atoms with Gasteiger partial charge in [-0.05, 0) is 45.4 Å². The molecule has 1 aliphatic rings. The normalized spacial score (nSPS) is 16.0. The molecule has 45 heavy (non-hydrogen) atoms. The van der Waals surface area contributed by atoms with Crippen molar-refractivity contribution in [3.8, 4) is 0 Å². The Kier molecular flexibility index (Phi) is 24.1. The Labute approximate surface area is 272 Å². The minimum Gasteiger partial charge on any atom is -0.466 e. The van der Waals surface area contributed by atoms with Crippen molar-refractivity contribution in [3.05, 3.63) is 0 Å². The molecule has 0 aromatic heterocycles. The number of hydrogen-bond acceptors (Lipinski definition) is 8. The van der Waals surface area contributed by atoms with E-state index in [-0.39, 0.29) is 56.0 Å². The first-order chi connectivity index (χ1) is 21.8. The second-order valence-corrected chi connectivity index (χ2v) is 12.7. The minimum absolute atomic E-state index is 0.174. The smallest absolute Gasteiger partial charge is 0.329 e. The molecule has 1 saturated heterocycles. The first-order valence-electron chi connectivity index (χ1n) is 18.1. The molecule has 0 aliphatic carbocycles. The van der Waals surface area contributed by atoms with E-state index in [1.807, 2.05) is 6.92 Å². The molecule has 1 amide bonds. The molecule has 1 aliphatic heterocycles. The van der Waals surface area contributed by atoms with Gasteiger partial charge in [-0.2, -0.15) is 0 Å². The molecule has 260 valence electrons. The molecule has 0 spiro atoms. The third-order valence-electron chi connectivity index (χ3n) is 8.34. The number of amides is 1. The van der Waals surface area contributed by atoms with Crippen LogP contribution >= 0.6 is 0 Å². The molecule has 0 bridgehead atoms. The summed E-state index contributed by atoms with van der Waals surface area (Å²) in [6.07, 6.45) is 19.1. The average Bonchev–Trinajstić information content (AvgIpc) is 3.44. The largest absolute Gasteiger partial charge is 0.466 e. The number of carbonyl (C=O) groups is 5. The second-order valence-electron chi connectivity index (χ2n) is 12.7. The second kappa shape index (κ2) is 26.7. The summed E-state index contributed by atoms with van der Waals surface area (Å²) in [5, 5.41) is 0. The van der Waals surface area contributed by atoms with Gasteiger partial charge in [0.15, 0.2) is 0 Å². The van der Waals surface area contributed by atoms with Gasteiger partial charge in [-0.25, -0.2) is 4.79 Å². The fourth-order valence-corrected chi connectivity index (χ4v) is 5.58. The van der Waals surface area contributed by atoms with Gasteiger partial charge >= 0.3 is 17.9 Å². The lowest BCUT2D eigenvalue weighted by Crippen LogP contribution is -2.41. The average molecular weight is 638 g/mol. The standard InChI is InChI=1S/C36H63NO8/c1-4-6-8-9-10-11-12-15-20-26-43-34(40)25-19-18-23-33(39)37-29-31(45-35(41)24-7-5-2)28-32(37)36(42)44-27-21-16-13-14-17-22-30(3)38/h31-32H,4-29H2,1-3H3/t31?,32-/m0/s1. The molecule has 9 heteroatoms. The van der Waals surface area contributed by atoms with Crippen molar-refractivity contribution in [3.63, 3.8) is 0 Å². The van der Waals surface area contributed by atoms with Crippen LogP contribution in [0, 0.1) is 0 Å². The summed E-state index contributed by atoms with van der Waals surface area (Å²) in [7, 11) is 0. The summed E-state index contributed by atoms with van der Waals surface area (Å²) in [4.78, 5) is 63.0. The predicted molar refractivity (Wildman–Crippen MR) is 176 cm³/mol. The molecule has 0 radical (unpaired) electrons. The zero-order chi connectivity index (χ0) is 33.1. The molecule has 0 aromatic rings. The van der Waals surface area contributed by atoms with E-state index in [9.17, 15) is 24.0 Å². The molecule has 1 unspecified atom stereocenters. The summed E-state index contributed by atoms with van der Waals surface area (Å²) in [5.41, 5.74) is 0. The van der Waals surface area contributed by atoms with Crippen molar-refractivity contribution in [2.75, 3.05) is 19.8 Å². The van der Waals surface area contributed by atoms with Gasteiger partial charge in [0.1, 0.15) is 17.9 Å². The number of unbranched alkanes of at least 4 members (excludes halogenated alkanes) is 14. The number of rotatable bonds is 28. The van der Waals surface area contributed by atoms with Gasteiger partial charge in [-0.3, -0.25) is 14.4 Å². The number of ether oxygens (including phenoxy) is 3. The van der Waals surface area contributed by atoms with Crippen LogP contribution in [0.25, 0.3) is 0 Å². The molecule has 0 aromatic carbocycles. The zero-order valence-electron chi connectivity index (χ0n) is 28.8. The van der Waals surface area contributed by atoms with Gasteiger partial charge in [-0.15, -0.1) is 0 Å². The maximum Gasteiger partial charge on any atom is 0.329 e. The molecular weight excluding hydrogens is 574 g/mol. The fraction of sp³-hybridized carbons (Fsp3) is 0.861. The lowest BCUT2D eigenvalue weighted by atomic mass is 10.1. The summed E-state index contributed by atoms with van der Waals surface area (Å²) in [5.74, 6) is -1.00.